The molecule has 0 aromatic heterocycles. The molecule has 4 nitrogen and oxygen atoms in total. The summed E-state index contributed by atoms with van der Waals surface area (Å²) >= 11 is 0. The van der Waals surface area contributed by atoms with E-state index >= 15 is 0 Å². The van der Waals surface area contributed by atoms with E-state index in [0.29, 0.717) is 18.7 Å². The lowest BCUT2D eigenvalue weighted by molar-refractivity contribution is -0.124. The van der Waals surface area contributed by atoms with Crippen molar-refractivity contribution >= 4 is 17.5 Å². The highest BCUT2D eigenvalue weighted by atomic mass is 19.1. The Bertz CT molecular complexity index is 892. The quantitative estimate of drug-likeness (QED) is 0.749. The van der Waals surface area contributed by atoms with Crippen molar-refractivity contribution in [2.24, 2.45) is 5.92 Å². The van der Waals surface area contributed by atoms with Crippen molar-refractivity contribution in [3.8, 4) is 0 Å². The highest BCUT2D eigenvalue weighted by molar-refractivity contribution is 5.98. The van der Waals surface area contributed by atoms with Gasteiger partial charge in [0, 0.05) is 30.4 Å². The van der Waals surface area contributed by atoms with Crippen molar-refractivity contribution in [1.82, 2.24) is 4.90 Å². The van der Waals surface area contributed by atoms with Crippen LogP contribution in [0.4, 0.5) is 10.1 Å². The molecule has 0 N–H and O–H groups in total. The number of anilines is 1. The van der Waals surface area contributed by atoms with E-state index in [-0.39, 0.29) is 29.6 Å². The Morgan fingerprint density at radius 2 is 1.79 bits per heavy atom. The third-order valence-electron chi connectivity index (χ3n) is 5.53. The Morgan fingerprint density at radius 3 is 2.45 bits per heavy atom. The maximum absolute atomic E-state index is 13.5. The number of hydrogen-bond donors (Lipinski definition) is 0. The second-order valence-corrected chi connectivity index (χ2v) is 8.19. The van der Waals surface area contributed by atoms with Crippen LogP contribution < -0.4 is 4.90 Å². The predicted octanol–water partition coefficient (Wildman–Crippen LogP) is 4.74. The molecule has 0 saturated carbocycles. The number of rotatable bonds is 4. The van der Waals surface area contributed by atoms with Crippen LogP contribution in [-0.2, 0) is 4.79 Å². The van der Waals surface area contributed by atoms with Crippen LogP contribution in [0.2, 0.25) is 0 Å². The van der Waals surface area contributed by atoms with Crippen LogP contribution in [-0.4, -0.2) is 35.8 Å². The molecule has 1 aliphatic rings. The molecular weight excluding hydrogens is 367 g/mol. The molecule has 2 amide bonds. The SMILES string of the molecule is Cc1ccc(C)c(N(C(=O)C2CCCN(C(=O)c3ccc(F)cc3)C2)C(C)C)c1. The first-order valence-corrected chi connectivity index (χ1v) is 10.2. The van der Waals surface area contributed by atoms with E-state index in [1.165, 1.54) is 24.3 Å². The first kappa shape index (κ1) is 21.0. The summed E-state index contributed by atoms with van der Waals surface area (Å²) in [6.45, 7) is 9.08. The minimum Gasteiger partial charge on any atom is -0.338 e. The Kier molecular flexibility index (Phi) is 6.36. The molecule has 2 aromatic rings. The summed E-state index contributed by atoms with van der Waals surface area (Å²) in [4.78, 5) is 29.9. The van der Waals surface area contributed by atoms with Gasteiger partial charge >= 0.3 is 0 Å². The first-order valence-electron chi connectivity index (χ1n) is 10.2. The Labute approximate surface area is 172 Å². The molecule has 29 heavy (non-hydrogen) atoms. The Balaban J connectivity index is 1.81. The van der Waals surface area contributed by atoms with Crippen LogP contribution in [0.1, 0.15) is 48.2 Å². The number of benzene rings is 2. The number of hydrogen-bond acceptors (Lipinski definition) is 2. The fourth-order valence-electron chi connectivity index (χ4n) is 3.97. The first-order chi connectivity index (χ1) is 13.8. The lowest BCUT2D eigenvalue weighted by Crippen LogP contribution is -2.49. The molecule has 0 aliphatic carbocycles. The van der Waals surface area contributed by atoms with E-state index in [2.05, 4.69) is 6.07 Å². The largest absolute Gasteiger partial charge is 0.338 e. The van der Waals surface area contributed by atoms with Gasteiger partial charge in [0.2, 0.25) is 5.91 Å². The zero-order valence-corrected chi connectivity index (χ0v) is 17.6. The van der Waals surface area contributed by atoms with Gasteiger partial charge in [0.15, 0.2) is 0 Å². The van der Waals surface area contributed by atoms with Crippen LogP contribution in [0.15, 0.2) is 42.5 Å². The van der Waals surface area contributed by atoms with Crippen molar-refractivity contribution in [2.45, 2.75) is 46.6 Å². The summed E-state index contributed by atoms with van der Waals surface area (Å²) in [6, 6.07) is 11.7. The molecule has 1 aliphatic heterocycles. The van der Waals surface area contributed by atoms with Crippen molar-refractivity contribution in [2.75, 3.05) is 18.0 Å². The lowest BCUT2D eigenvalue weighted by Gasteiger charge is -2.37. The van der Waals surface area contributed by atoms with Gasteiger partial charge < -0.3 is 9.80 Å². The van der Waals surface area contributed by atoms with Gasteiger partial charge in [-0.2, -0.15) is 0 Å². The van der Waals surface area contributed by atoms with Crippen LogP contribution in [0.3, 0.4) is 0 Å². The minimum absolute atomic E-state index is 0.0196. The third-order valence-corrected chi connectivity index (χ3v) is 5.53. The number of halogens is 1. The normalized spacial score (nSPS) is 16.8. The van der Waals surface area contributed by atoms with Crippen molar-refractivity contribution in [3.05, 3.63) is 65.0 Å². The second kappa shape index (κ2) is 8.76. The van der Waals surface area contributed by atoms with Gasteiger partial charge in [0.05, 0.1) is 5.92 Å². The summed E-state index contributed by atoms with van der Waals surface area (Å²) < 4.78 is 13.2. The molecular formula is C24H29FN2O2. The van der Waals surface area contributed by atoms with Crippen molar-refractivity contribution < 1.29 is 14.0 Å². The predicted molar refractivity (Wildman–Crippen MR) is 114 cm³/mol. The molecule has 3 rings (SSSR count). The molecule has 0 bridgehead atoms. The van der Waals surface area contributed by atoms with E-state index in [1.807, 2.05) is 44.7 Å². The summed E-state index contributed by atoms with van der Waals surface area (Å²) in [5.74, 6) is -0.694. The van der Waals surface area contributed by atoms with Gasteiger partial charge in [0.1, 0.15) is 5.82 Å². The third kappa shape index (κ3) is 4.66. The standard InChI is InChI=1S/C24H29FN2O2/c1-16(2)27(22-14-17(3)7-8-18(22)4)24(29)20-6-5-13-26(15-20)23(28)19-9-11-21(25)12-10-19/h7-12,14,16,20H,5-6,13,15H2,1-4H3. The number of amides is 2. The molecule has 1 heterocycles. The van der Waals surface area contributed by atoms with Crippen molar-refractivity contribution in [3.63, 3.8) is 0 Å². The van der Waals surface area contributed by atoms with E-state index in [9.17, 15) is 14.0 Å². The maximum atomic E-state index is 13.5. The molecule has 0 spiro atoms. The zero-order valence-electron chi connectivity index (χ0n) is 17.6. The number of carbonyl (C=O) groups excluding carboxylic acids is 2. The highest BCUT2D eigenvalue weighted by Gasteiger charge is 2.33. The van der Waals surface area contributed by atoms with Crippen LogP contribution in [0.5, 0.6) is 0 Å². The molecule has 1 fully saturated rings. The van der Waals surface area contributed by atoms with E-state index in [0.717, 1.165) is 29.7 Å². The summed E-state index contributed by atoms with van der Waals surface area (Å²) in [5, 5.41) is 0. The maximum Gasteiger partial charge on any atom is 0.253 e. The fraction of sp³-hybridized carbons (Fsp3) is 0.417. The average Bonchev–Trinajstić information content (AvgIpc) is 2.70. The van der Waals surface area contributed by atoms with Gasteiger partial charge in [-0.05, 0) is 82.0 Å². The summed E-state index contributed by atoms with van der Waals surface area (Å²) in [6.07, 6.45) is 1.54. The molecule has 2 aromatic carbocycles. The van der Waals surface area contributed by atoms with Crippen LogP contribution >= 0.6 is 0 Å². The smallest absolute Gasteiger partial charge is 0.253 e. The highest BCUT2D eigenvalue weighted by Crippen LogP contribution is 2.28. The molecule has 0 radical (unpaired) electrons. The average molecular weight is 397 g/mol. The molecule has 1 unspecified atom stereocenters. The molecule has 1 saturated heterocycles. The number of carbonyl (C=O) groups is 2. The number of likely N-dealkylation sites (tertiary alicyclic amines) is 1. The summed E-state index contributed by atoms with van der Waals surface area (Å²) in [5.41, 5.74) is 3.57. The number of piperidine rings is 1. The Hall–Kier alpha value is -2.69. The van der Waals surface area contributed by atoms with Crippen LogP contribution in [0.25, 0.3) is 0 Å². The minimum atomic E-state index is -0.366. The second-order valence-electron chi connectivity index (χ2n) is 8.19. The Morgan fingerprint density at radius 1 is 1.10 bits per heavy atom. The number of nitrogens with zero attached hydrogens (tertiary/aromatic N) is 2. The summed E-state index contributed by atoms with van der Waals surface area (Å²) in [7, 11) is 0. The monoisotopic (exact) mass is 396 g/mol. The van der Waals surface area contributed by atoms with Gasteiger partial charge in [-0.15, -0.1) is 0 Å². The molecule has 1 atom stereocenters. The van der Waals surface area contributed by atoms with E-state index in [1.54, 1.807) is 4.90 Å². The lowest BCUT2D eigenvalue weighted by atomic mass is 9.94. The van der Waals surface area contributed by atoms with Crippen molar-refractivity contribution in [1.29, 1.82) is 0 Å². The van der Waals surface area contributed by atoms with E-state index in [4.69, 9.17) is 0 Å². The fourth-order valence-corrected chi connectivity index (χ4v) is 3.97. The van der Waals surface area contributed by atoms with Gasteiger partial charge in [-0.3, -0.25) is 9.59 Å². The van der Waals surface area contributed by atoms with Gasteiger partial charge in [0.25, 0.3) is 5.91 Å². The van der Waals surface area contributed by atoms with Crippen LogP contribution in [0, 0.1) is 25.6 Å². The van der Waals surface area contributed by atoms with Gasteiger partial charge in [-0.25, -0.2) is 4.39 Å². The van der Waals surface area contributed by atoms with Gasteiger partial charge in [-0.1, -0.05) is 12.1 Å². The molecule has 154 valence electrons. The van der Waals surface area contributed by atoms with E-state index < -0.39 is 0 Å². The number of aryl methyl sites for hydroxylation is 2. The topological polar surface area (TPSA) is 40.6 Å². The molecule has 5 heteroatoms. The zero-order chi connectivity index (χ0) is 21.1.